The smallest absolute Gasteiger partial charge is 0.269 e. The van der Waals surface area contributed by atoms with E-state index in [9.17, 15) is 9.18 Å². The first kappa shape index (κ1) is 18.1. The number of amides is 1. The number of carbonyl (C=O) groups excluding carboxylic acids is 1. The molecule has 0 saturated heterocycles. The Kier molecular flexibility index (Phi) is 5.37. The maximum Gasteiger partial charge on any atom is 0.269 e. The Morgan fingerprint density at radius 2 is 2.00 bits per heavy atom. The third-order valence-corrected chi connectivity index (χ3v) is 4.62. The average Bonchev–Trinajstić information content (AvgIpc) is 2.95. The van der Waals surface area contributed by atoms with Gasteiger partial charge in [0.1, 0.15) is 22.9 Å². The van der Waals surface area contributed by atoms with Crippen LogP contribution < -0.4 is 5.48 Å². The maximum absolute atomic E-state index is 14.3. The van der Waals surface area contributed by atoms with Crippen LogP contribution in [0.1, 0.15) is 26.3 Å². The third-order valence-electron chi connectivity index (χ3n) is 4.62. The van der Waals surface area contributed by atoms with Gasteiger partial charge in [0.15, 0.2) is 5.76 Å². The fraction of sp³-hybridized carbons (Fsp3) is 0.368. The Labute approximate surface area is 152 Å². The molecule has 0 radical (unpaired) electrons. The highest BCUT2D eigenvalue weighted by Gasteiger charge is 2.33. The van der Waals surface area contributed by atoms with Crippen molar-refractivity contribution < 1.29 is 14.0 Å². The summed E-state index contributed by atoms with van der Waals surface area (Å²) in [6.07, 6.45) is 1.25. The minimum Gasteiger partial charge on any atom is -0.384 e. The molecule has 26 heavy (non-hydrogen) atoms. The minimum atomic E-state index is -0.401. The van der Waals surface area contributed by atoms with Gasteiger partial charge in [-0.2, -0.15) is 0 Å². The lowest BCUT2D eigenvalue weighted by atomic mass is 10.1. The van der Waals surface area contributed by atoms with Gasteiger partial charge in [0.2, 0.25) is 0 Å². The first-order valence-electron chi connectivity index (χ1n) is 8.78. The molecule has 0 unspecified atom stereocenters. The number of hydrogen-bond acceptors (Lipinski definition) is 5. The molecule has 0 aromatic heterocycles. The number of rotatable bonds is 6. The molecule has 2 aliphatic heterocycles. The first-order valence-corrected chi connectivity index (χ1v) is 8.78. The third kappa shape index (κ3) is 3.35. The minimum absolute atomic E-state index is 0.248. The van der Waals surface area contributed by atoms with Crippen LogP contribution in [0, 0.1) is 5.82 Å². The van der Waals surface area contributed by atoms with Gasteiger partial charge in [0.05, 0.1) is 6.21 Å². The van der Waals surface area contributed by atoms with Crippen LogP contribution in [0.4, 0.5) is 4.39 Å². The molecule has 0 aliphatic carbocycles. The summed E-state index contributed by atoms with van der Waals surface area (Å²) in [4.78, 5) is 26.3. The molecule has 1 amide bonds. The molecule has 2 heterocycles. The van der Waals surface area contributed by atoms with Crippen LogP contribution >= 0.6 is 0 Å². The molecule has 6 nitrogen and oxygen atoms in total. The predicted molar refractivity (Wildman–Crippen MR) is 98.2 cm³/mol. The molecule has 1 N–H and O–H groups in total. The van der Waals surface area contributed by atoms with Crippen LogP contribution in [0.25, 0.3) is 5.70 Å². The van der Waals surface area contributed by atoms with Gasteiger partial charge in [-0.25, -0.2) is 14.9 Å². The van der Waals surface area contributed by atoms with Crippen LogP contribution in [-0.2, 0) is 9.63 Å². The Morgan fingerprint density at radius 1 is 1.27 bits per heavy atom. The van der Waals surface area contributed by atoms with Gasteiger partial charge in [0.25, 0.3) is 5.91 Å². The van der Waals surface area contributed by atoms with Crippen molar-refractivity contribution in [2.45, 2.75) is 20.8 Å². The zero-order chi connectivity index (χ0) is 18.7. The predicted octanol–water partition coefficient (Wildman–Crippen LogP) is 2.52. The van der Waals surface area contributed by atoms with E-state index in [0.29, 0.717) is 35.0 Å². The van der Waals surface area contributed by atoms with Crippen molar-refractivity contribution in [2.24, 2.45) is 4.99 Å². The van der Waals surface area contributed by atoms with Gasteiger partial charge >= 0.3 is 0 Å². The number of halogens is 1. The highest BCUT2D eigenvalue weighted by Crippen LogP contribution is 2.34. The van der Waals surface area contributed by atoms with E-state index >= 15 is 0 Å². The van der Waals surface area contributed by atoms with Gasteiger partial charge in [-0.1, -0.05) is 26.0 Å². The molecule has 0 fully saturated rings. The molecule has 0 spiro atoms. The number of nitrogens with one attached hydrogen (secondary N) is 1. The van der Waals surface area contributed by atoms with Gasteiger partial charge in [0, 0.05) is 18.7 Å². The maximum atomic E-state index is 14.3. The molecule has 7 heteroatoms. The van der Waals surface area contributed by atoms with Crippen molar-refractivity contribution in [3.8, 4) is 0 Å². The van der Waals surface area contributed by atoms with Crippen LogP contribution in [0.15, 0.2) is 46.4 Å². The monoisotopic (exact) mass is 358 g/mol. The van der Waals surface area contributed by atoms with E-state index in [4.69, 9.17) is 4.84 Å². The number of hydroxylamine groups is 1. The number of likely N-dealkylation sites (N-methyl/N-ethyl adjacent to an activating group) is 1. The van der Waals surface area contributed by atoms with Crippen molar-refractivity contribution in [2.75, 3.05) is 26.2 Å². The lowest BCUT2D eigenvalue weighted by molar-refractivity contribution is -0.121. The summed E-state index contributed by atoms with van der Waals surface area (Å²) in [5.74, 6) is -0.0863. The number of carbonyl (C=O) groups is 1. The summed E-state index contributed by atoms with van der Waals surface area (Å²) in [7, 11) is 0. The van der Waals surface area contributed by atoms with E-state index in [1.807, 2.05) is 0 Å². The van der Waals surface area contributed by atoms with E-state index in [0.717, 1.165) is 19.6 Å². The topological polar surface area (TPSA) is 57.2 Å². The average molecular weight is 358 g/mol. The summed E-state index contributed by atoms with van der Waals surface area (Å²) in [5, 5.41) is 0. The summed E-state index contributed by atoms with van der Waals surface area (Å²) in [6.45, 7) is 8.98. The van der Waals surface area contributed by atoms with Crippen molar-refractivity contribution in [1.29, 1.82) is 0 Å². The first-order chi connectivity index (χ1) is 12.6. The van der Waals surface area contributed by atoms with Gasteiger partial charge < -0.3 is 14.6 Å². The largest absolute Gasteiger partial charge is 0.384 e. The summed E-state index contributed by atoms with van der Waals surface area (Å²) >= 11 is 0. The number of fused-ring (bicyclic) bond motifs is 1. The van der Waals surface area contributed by atoms with E-state index in [1.54, 1.807) is 30.0 Å². The Morgan fingerprint density at radius 3 is 2.69 bits per heavy atom. The second-order valence-electron chi connectivity index (χ2n) is 6.09. The fourth-order valence-corrected chi connectivity index (χ4v) is 3.11. The number of benzene rings is 1. The summed E-state index contributed by atoms with van der Waals surface area (Å²) in [6, 6.07) is 6.36. The van der Waals surface area contributed by atoms with Crippen LogP contribution in [-0.4, -0.2) is 48.1 Å². The molecule has 2 aliphatic rings. The number of hydrogen-bond donors (Lipinski definition) is 1. The standard InChI is InChI=1S/C19H23FN4O2/c1-4-23(5-2)10-11-24-16(25)12-21-17(14-8-6-7-9-15(14)20)18-19(24)13(3)26-22-18/h6-9,12,22H,4-5,10-11H2,1-3H3. The lowest BCUT2D eigenvalue weighted by Crippen LogP contribution is -2.39. The zero-order valence-electron chi connectivity index (χ0n) is 15.3. The molecule has 0 saturated carbocycles. The van der Waals surface area contributed by atoms with Crippen LogP contribution in [0.5, 0.6) is 0 Å². The van der Waals surface area contributed by atoms with Gasteiger partial charge in [-0.15, -0.1) is 0 Å². The van der Waals surface area contributed by atoms with E-state index < -0.39 is 5.82 Å². The van der Waals surface area contributed by atoms with Crippen LogP contribution in [0.2, 0.25) is 0 Å². The summed E-state index contributed by atoms with van der Waals surface area (Å²) in [5.41, 5.74) is 4.60. The van der Waals surface area contributed by atoms with Crippen molar-refractivity contribution in [3.05, 3.63) is 52.8 Å². The number of allylic oxidation sites excluding steroid dienone is 1. The SMILES string of the molecule is CCN(CC)CCN1C(=O)C=NC(c2ccccc2F)=C2NOC(C)=C21. The number of aliphatic imine (C=N–C) groups is 1. The molecule has 0 bridgehead atoms. The molecule has 0 atom stereocenters. The van der Waals surface area contributed by atoms with Gasteiger partial charge in [-0.3, -0.25) is 4.79 Å². The van der Waals surface area contributed by atoms with Crippen molar-refractivity contribution >= 4 is 17.8 Å². The second kappa shape index (κ2) is 7.70. The molecular formula is C19H23FN4O2. The van der Waals surface area contributed by atoms with Crippen LogP contribution in [0.3, 0.4) is 0 Å². The highest BCUT2D eigenvalue weighted by atomic mass is 19.1. The second-order valence-corrected chi connectivity index (χ2v) is 6.09. The van der Waals surface area contributed by atoms with E-state index in [2.05, 4.69) is 29.2 Å². The Balaban J connectivity index is 2.02. The molecule has 138 valence electrons. The fourth-order valence-electron chi connectivity index (χ4n) is 3.11. The lowest BCUT2D eigenvalue weighted by Gasteiger charge is -2.25. The quantitative estimate of drug-likeness (QED) is 0.849. The van der Waals surface area contributed by atoms with Gasteiger partial charge in [-0.05, 0) is 32.1 Å². The molecule has 1 aromatic carbocycles. The van der Waals surface area contributed by atoms with E-state index in [-0.39, 0.29) is 5.91 Å². The molecule has 1 aromatic rings. The van der Waals surface area contributed by atoms with Crippen molar-refractivity contribution in [1.82, 2.24) is 15.3 Å². The zero-order valence-corrected chi connectivity index (χ0v) is 15.3. The molecule has 3 rings (SSSR count). The normalized spacial score (nSPS) is 16.8. The Hall–Kier alpha value is -2.67. The van der Waals surface area contributed by atoms with Crippen molar-refractivity contribution in [3.63, 3.8) is 0 Å². The van der Waals surface area contributed by atoms with E-state index in [1.165, 1.54) is 12.3 Å². The summed E-state index contributed by atoms with van der Waals surface area (Å²) < 4.78 is 14.3. The number of nitrogens with zero attached hydrogens (tertiary/aromatic N) is 3. The molecular weight excluding hydrogens is 335 g/mol. The Bertz CT molecular complexity index is 796. The highest BCUT2D eigenvalue weighted by molar-refractivity contribution is 6.28.